The summed E-state index contributed by atoms with van der Waals surface area (Å²) in [6, 6.07) is 8.78. The van der Waals surface area contributed by atoms with Gasteiger partial charge in [-0.15, -0.1) is 0 Å². The van der Waals surface area contributed by atoms with Crippen molar-refractivity contribution >= 4 is 6.41 Å². The summed E-state index contributed by atoms with van der Waals surface area (Å²) < 4.78 is 0. The molecule has 0 aromatic heterocycles. The molecule has 5 heteroatoms. The number of carbonyl (C=O) groups is 1. The van der Waals surface area contributed by atoms with Crippen LogP contribution < -0.4 is 0 Å². The van der Waals surface area contributed by atoms with Gasteiger partial charge in [0.2, 0.25) is 0 Å². The lowest BCUT2D eigenvalue weighted by Crippen LogP contribution is -2.27. The predicted molar refractivity (Wildman–Crippen MR) is 45.0 cm³/mol. The molecule has 13 heavy (non-hydrogen) atoms. The zero-order valence-corrected chi connectivity index (χ0v) is 6.79. The quantitative estimate of drug-likeness (QED) is 0.391. The maximum atomic E-state index is 10.2. The average molecular weight is 180 g/mol. The van der Waals surface area contributed by atoms with Crippen molar-refractivity contribution in [3.8, 4) is 0 Å². The normalized spacial score (nSPS) is 9.23. The molecule has 0 heterocycles. The Morgan fingerprint density at radius 3 is 2.46 bits per heavy atom. The highest BCUT2D eigenvalue weighted by Crippen LogP contribution is 2.01. The first-order chi connectivity index (χ1) is 6.24. The minimum Gasteiger partial charge on any atom is -0.273 e. The fraction of sp³-hybridized carbons (Fsp3) is 0.125. The van der Waals surface area contributed by atoms with Gasteiger partial charge in [0.05, 0.1) is 0 Å². The van der Waals surface area contributed by atoms with Crippen molar-refractivity contribution in [3.63, 3.8) is 0 Å². The van der Waals surface area contributed by atoms with E-state index in [-0.39, 0.29) is 13.0 Å². The van der Waals surface area contributed by atoms with Crippen molar-refractivity contribution in [2.24, 2.45) is 0 Å². The van der Waals surface area contributed by atoms with Crippen LogP contribution in [-0.4, -0.2) is 16.5 Å². The fourth-order valence-electron chi connectivity index (χ4n) is 0.904. The molecule has 0 unspecified atom stereocenters. The van der Waals surface area contributed by atoms with Gasteiger partial charge in [-0.25, -0.2) is 10.1 Å². The van der Waals surface area contributed by atoms with E-state index in [0.29, 0.717) is 5.01 Å². The van der Waals surface area contributed by atoms with E-state index >= 15 is 0 Å². The summed E-state index contributed by atoms with van der Waals surface area (Å²) in [7, 11) is 0. The topological polar surface area (TPSA) is 63.5 Å². The highest BCUT2D eigenvalue weighted by molar-refractivity contribution is 5.45. The van der Waals surface area contributed by atoms with Crippen LogP contribution in [0, 0.1) is 10.1 Å². The lowest BCUT2D eigenvalue weighted by Gasteiger charge is -2.05. The maximum Gasteiger partial charge on any atom is 0.271 e. The number of benzene rings is 1. The highest BCUT2D eigenvalue weighted by Gasteiger charge is 2.12. The number of nitro groups is 1. The number of hydrazine groups is 1. The van der Waals surface area contributed by atoms with Gasteiger partial charge in [0.1, 0.15) is 6.54 Å². The maximum absolute atomic E-state index is 10.2. The van der Waals surface area contributed by atoms with Crippen LogP contribution >= 0.6 is 0 Å². The van der Waals surface area contributed by atoms with Crippen LogP contribution in [0.4, 0.5) is 0 Å². The van der Waals surface area contributed by atoms with E-state index in [0.717, 1.165) is 5.56 Å². The Balaban J connectivity index is 2.67. The van der Waals surface area contributed by atoms with Gasteiger partial charge in [-0.2, -0.15) is 0 Å². The number of carbonyl (C=O) groups excluding carboxylic acids is 1. The molecule has 0 spiro atoms. The zero-order valence-electron chi connectivity index (χ0n) is 6.79. The Kier molecular flexibility index (Phi) is 2.97. The van der Waals surface area contributed by atoms with Crippen LogP contribution in [0.2, 0.25) is 0 Å². The first-order valence-corrected chi connectivity index (χ1v) is 3.64. The zero-order chi connectivity index (χ0) is 9.68. The van der Waals surface area contributed by atoms with E-state index < -0.39 is 5.03 Å². The molecular formula is C8H8N2O3. The van der Waals surface area contributed by atoms with Crippen LogP contribution in [-0.2, 0) is 11.3 Å². The molecule has 0 bridgehead atoms. The van der Waals surface area contributed by atoms with Crippen molar-refractivity contribution in [2.75, 3.05) is 0 Å². The molecule has 0 saturated carbocycles. The molecule has 0 radical (unpaired) electrons. The molecule has 1 aromatic rings. The van der Waals surface area contributed by atoms with Gasteiger partial charge in [-0.3, -0.25) is 4.79 Å². The van der Waals surface area contributed by atoms with Crippen LogP contribution in [0.5, 0.6) is 0 Å². The molecule has 1 rings (SSSR count). The minimum atomic E-state index is -0.736. The largest absolute Gasteiger partial charge is 0.273 e. The number of rotatable bonds is 4. The summed E-state index contributed by atoms with van der Waals surface area (Å²) in [5, 5.41) is 9.99. The van der Waals surface area contributed by atoms with E-state index in [1.807, 2.05) is 0 Å². The molecule has 1 amide bonds. The molecule has 0 aliphatic heterocycles. The Morgan fingerprint density at radius 1 is 1.38 bits per heavy atom. The Bertz CT molecular complexity index is 300. The van der Waals surface area contributed by atoms with E-state index in [9.17, 15) is 14.9 Å². The van der Waals surface area contributed by atoms with Gasteiger partial charge in [0.15, 0.2) is 5.03 Å². The van der Waals surface area contributed by atoms with Crippen molar-refractivity contribution in [2.45, 2.75) is 6.54 Å². The second kappa shape index (κ2) is 4.20. The summed E-state index contributed by atoms with van der Waals surface area (Å²) in [5.41, 5.74) is 0.728. The molecule has 1 aromatic carbocycles. The van der Waals surface area contributed by atoms with Gasteiger partial charge < -0.3 is 0 Å². The van der Waals surface area contributed by atoms with Gasteiger partial charge >= 0.3 is 0 Å². The molecule has 0 aliphatic carbocycles. The van der Waals surface area contributed by atoms with E-state index in [4.69, 9.17) is 0 Å². The Morgan fingerprint density at radius 2 is 2.00 bits per heavy atom. The molecule has 68 valence electrons. The molecule has 0 fully saturated rings. The number of hydrogen-bond donors (Lipinski definition) is 0. The van der Waals surface area contributed by atoms with Crippen molar-refractivity contribution in [1.29, 1.82) is 0 Å². The average Bonchev–Trinajstić information content (AvgIpc) is 2.15. The standard InChI is InChI=1S/C8H8N2O3/c11-7-9(10(12)13)6-8-4-2-1-3-5-8/h1-5,7H,6H2. The first kappa shape index (κ1) is 9.18. The fourth-order valence-corrected chi connectivity index (χ4v) is 0.904. The number of nitrogens with zero attached hydrogens (tertiary/aromatic N) is 2. The highest BCUT2D eigenvalue weighted by atomic mass is 16.7. The summed E-state index contributed by atoms with van der Waals surface area (Å²) in [6.07, 6.45) is 0.201. The Labute approximate surface area is 74.7 Å². The van der Waals surface area contributed by atoms with Gasteiger partial charge in [0, 0.05) is 0 Å². The number of hydrogen-bond acceptors (Lipinski definition) is 3. The molecule has 0 N–H and O–H groups in total. The van der Waals surface area contributed by atoms with Crippen LogP contribution in [0.15, 0.2) is 30.3 Å². The van der Waals surface area contributed by atoms with E-state index in [1.165, 1.54) is 0 Å². The summed E-state index contributed by atoms with van der Waals surface area (Å²) >= 11 is 0. The van der Waals surface area contributed by atoms with E-state index in [2.05, 4.69) is 0 Å². The van der Waals surface area contributed by atoms with Crippen LogP contribution in [0.1, 0.15) is 5.56 Å². The van der Waals surface area contributed by atoms with E-state index in [1.54, 1.807) is 30.3 Å². The van der Waals surface area contributed by atoms with Crippen molar-refractivity contribution in [1.82, 2.24) is 5.01 Å². The third kappa shape index (κ3) is 2.55. The Hall–Kier alpha value is -1.91. The summed E-state index contributed by atoms with van der Waals surface area (Å²) in [5.74, 6) is 0. The van der Waals surface area contributed by atoms with Crippen molar-refractivity contribution in [3.05, 3.63) is 46.0 Å². The van der Waals surface area contributed by atoms with Crippen molar-refractivity contribution < 1.29 is 9.83 Å². The van der Waals surface area contributed by atoms with Gasteiger partial charge in [0.25, 0.3) is 6.41 Å². The lowest BCUT2D eigenvalue weighted by atomic mass is 10.2. The molecule has 5 nitrogen and oxygen atoms in total. The minimum absolute atomic E-state index is 0.00264. The molecule has 0 saturated heterocycles. The third-order valence-electron chi connectivity index (χ3n) is 1.52. The monoisotopic (exact) mass is 180 g/mol. The third-order valence-corrected chi connectivity index (χ3v) is 1.52. The SMILES string of the molecule is O=CN(Cc1ccccc1)[N+](=O)[O-]. The van der Waals surface area contributed by atoms with Crippen LogP contribution in [0.3, 0.4) is 0 Å². The number of amides is 1. The van der Waals surface area contributed by atoms with Gasteiger partial charge in [-0.05, 0) is 5.56 Å². The smallest absolute Gasteiger partial charge is 0.271 e. The predicted octanol–water partition coefficient (Wildman–Crippen LogP) is 0.837. The summed E-state index contributed by atoms with van der Waals surface area (Å²) in [6.45, 7) is -0.00264. The molecule has 0 aliphatic rings. The second-order valence-corrected chi connectivity index (χ2v) is 2.43. The first-order valence-electron chi connectivity index (χ1n) is 3.64. The molecular weight excluding hydrogens is 172 g/mol. The molecule has 0 atom stereocenters. The van der Waals surface area contributed by atoms with Crippen LogP contribution in [0.25, 0.3) is 0 Å². The summed E-state index contributed by atoms with van der Waals surface area (Å²) in [4.78, 5) is 20.5. The van der Waals surface area contributed by atoms with Gasteiger partial charge in [-0.1, -0.05) is 35.3 Å². The second-order valence-electron chi connectivity index (χ2n) is 2.43. The lowest BCUT2D eigenvalue weighted by molar-refractivity contribution is -0.635.